The summed E-state index contributed by atoms with van der Waals surface area (Å²) in [6, 6.07) is 4.87. The summed E-state index contributed by atoms with van der Waals surface area (Å²) in [5, 5.41) is 8.95. The van der Waals surface area contributed by atoms with E-state index in [4.69, 9.17) is 13.7 Å². The Bertz CT molecular complexity index is 691. The van der Waals surface area contributed by atoms with Crippen molar-refractivity contribution in [1.82, 2.24) is 20.7 Å². The molecule has 2 N–H and O–H groups in total. The molecule has 2 aromatic heterocycles. The molecule has 0 radical (unpaired) electrons. The molecule has 9 nitrogen and oxygen atoms in total. The first-order valence-electron chi connectivity index (χ1n) is 8.08. The van der Waals surface area contributed by atoms with Crippen molar-refractivity contribution in [2.45, 2.75) is 0 Å². The number of furan rings is 1. The molecule has 0 atom stereocenters. The second-order valence-corrected chi connectivity index (χ2v) is 5.54. The van der Waals surface area contributed by atoms with Crippen LogP contribution in [0.1, 0.15) is 10.5 Å². The first-order chi connectivity index (χ1) is 12.2. The van der Waals surface area contributed by atoms with Crippen LogP contribution < -0.4 is 10.6 Å². The highest BCUT2D eigenvalue weighted by Gasteiger charge is 2.16. The van der Waals surface area contributed by atoms with Gasteiger partial charge in [-0.2, -0.15) is 0 Å². The van der Waals surface area contributed by atoms with Gasteiger partial charge in [0, 0.05) is 32.2 Å². The van der Waals surface area contributed by atoms with Gasteiger partial charge < -0.3 is 24.3 Å². The molecule has 1 fully saturated rings. The van der Waals surface area contributed by atoms with Crippen LogP contribution in [0.25, 0.3) is 11.5 Å². The highest BCUT2D eigenvalue weighted by Crippen LogP contribution is 2.20. The molecule has 3 rings (SSSR count). The van der Waals surface area contributed by atoms with E-state index in [9.17, 15) is 9.59 Å². The number of aromatic nitrogens is 1. The summed E-state index contributed by atoms with van der Waals surface area (Å²) in [6.45, 7) is 4.36. The zero-order chi connectivity index (χ0) is 17.5. The van der Waals surface area contributed by atoms with Crippen LogP contribution in [-0.4, -0.2) is 67.8 Å². The summed E-state index contributed by atoms with van der Waals surface area (Å²) in [7, 11) is 0. The molecule has 1 aliphatic rings. The van der Waals surface area contributed by atoms with Crippen LogP contribution in [0.3, 0.4) is 0 Å². The molecule has 0 unspecified atom stereocenters. The highest BCUT2D eigenvalue weighted by molar-refractivity contribution is 5.95. The van der Waals surface area contributed by atoms with Crippen LogP contribution >= 0.6 is 0 Å². The minimum absolute atomic E-state index is 0.0903. The predicted octanol–water partition coefficient (Wildman–Crippen LogP) is 0.113. The fourth-order valence-corrected chi connectivity index (χ4v) is 2.41. The van der Waals surface area contributed by atoms with Crippen LogP contribution in [0, 0.1) is 0 Å². The Labute approximate surface area is 144 Å². The summed E-state index contributed by atoms with van der Waals surface area (Å²) in [4.78, 5) is 26.0. The maximum absolute atomic E-state index is 12.0. The molecule has 25 heavy (non-hydrogen) atoms. The van der Waals surface area contributed by atoms with Crippen LogP contribution in [0.15, 0.2) is 33.4 Å². The van der Waals surface area contributed by atoms with Crippen molar-refractivity contribution in [3.63, 3.8) is 0 Å². The van der Waals surface area contributed by atoms with Crippen molar-refractivity contribution >= 4 is 11.8 Å². The van der Waals surface area contributed by atoms with E-state index in [1.165, 1.54) is 12.3 Å². The molecule has 0 saturated carbocycles. The lowest BCUT2D eigenvalue weighted by Crippen LogP contribution is -2.43. The van der Waals surface area contributed by atoms with Crippen LogP contribution in [0.2, 0.25) is 0 Å². The summed E-state index contributed by atoms with van der Waals surface area (Å²) < 4.78 is 15.5. The predicted molar refractivity (Wildman–Crippen MR) is 86.8 cm³/mol. The summed E-state index contributed by atoms with van der Waals surface area (Å²) in [5.41, 5.74) is 0.0903. The maximum Gasteiger partial charge on any atom is 0.273 e. The Kier molecular flexibility index (Phi) is 5.81. The molecule has 2 aromatic rings. The monoisotopic (exact) mass is 348 g/mol. The Balaban J connectivity index is 1.37. The number of hydrogen-bond donors (Lipinski definition) is 2. The van der Waals surface area contributed by atoms with Crippen molar-refractivity contribution in [2.75, 3.05) is 45.9 Å². The first-order valence-corrected chi connectivity index (χ1v) is 8.08. The summed E-state index contributed by atoms with van der Waals surface area (Å²) >= 11 is 0. The molecule has 2 amide bonds. The summed E-state index contributed by atoms with van der Waals surface area (Å²) in [6.07, 6.45) is 1.50. The molecule has 9 heteroatoms. The van der Waals surface area contributed by atoms with E-state index >= 15 is 0 Å². The molecular weight excluding hydrogens is 328 g/mol. The van der Waals surface area contributed by atoms with Gasteiger partial charge in [0.1, 0.15) is 0 Å². The first kappa shape index (κ1) is 17.2. The number of nitrogens with one attached hydrogen (secondary N) is 2. The van der Waals surface area contributed by atoms with Crippen LogP contribution in [0.4, 0.5) is 0 Å². The van der Waals surface area contributed by atoms with Crippen molar-refractivity contribution in [2.24, 2.45) is 0 Å². The van der Waals surface area contributed by atoms with Gasteiger partial charge in [-0.25, -0.2) is 0 Å². The SMILES string of the molecule is O=C(CNC(=O)c1cc(-c2ccco2)on1)NCCN1CCOCC1. The standard InChI is InChI=1S/C16H20N4O5/c21-15(17-3-4-20-5-8-23-9-6-20)11-18-16(22)12-10-14(25-19-12)13-2-1-7-24-13/h1-2,7,10H,3-6,8-9,11H2,(H,17,21)(H,18,22). The number of rotatable bonds is 7. The lowest BCUT2D eigenvalue weighted by Gasteiger charge is -2.26. The molecule has 1 aliphatic heterocycles. The highest BCUT2D eigenvalue weighted by atomic mass is 16.5. The third-order valence-electron chi connectivity index (χ3n) is 3.77. The number of amides is 2. The molecule has 1 saturated heterocycles. The zero-order valence-corrected chi connectivity index (χ0v) is 13.7. The molecule has 0 bridgehead atoms. The minimum Gasteiger partial charge on any atom is -0.461 e. The average Bonchev–Trinajstić information content (AvgIpc) is 3.32. The molecule has 0 aliphatic carbocycles. The van der Waals surface area contributed by atoms with E-state index in [2.05, 4.69) is 20.7 Å². The number of carbonyl (C=O) groups is 2. The van der Waals surface area contributed by atoms with Gasteiger partial charge in [-0.15, -0.1) is 0 Å². The minimum atomic E-state index is -0.482. The third kappa shape index (κ3) is 4.91. The van der Waals surface area contributed by atoms with Gasteiger partial charge in [-0.3, -0.25) is 14.5 Å². The molecular formula is C16H20N4O5. The van der Waals surface area contributed by atoms with E-state index in [1.807, 2.05) is 0 Å². The Morgan fingerprint density at radius 1 is 1.20 bits per heavy atom. The van der Waals surface area contributed by atoms with Gasteiger partial charge in [-0.05, 0) is 12.1 Å². The van der Waals surface area contributed by atoms with Crippen molar-refractivity contribution < 1.29 is 23.3 Å². The van der Waals surface area contributed by atoms with Gasteiger partial charge >= 0.3 is 0 Å². The maximum atomic E-state index is 12.0. The van der Waals surface area contributed by atoms with Gasteiger partial charge in [0.05, 0.1) is 26.0 Å². The fourth-order valence-electron chi connectivity index (χ4n) is 2.41. The third-order valence-corrected chi connectivity index (χ3v) is 3.77. The van der Waals surface area contributed by atoms with Gasteiger partial charge in [-0.1, -0.05) is 5.16 Å². The second-order valence-electron chi connectivity index (χ2n) is 5.54. The Hall–Kier alpha value is -2.65. The fraction of sp³-hybridized carbons (Fsp3) is 0.438. The van der Waals surface area contributed by atoms with Crippen molar-refractivity contribution in [1.29, 1.82) is 0 Å². The normalized spacial score (nSPS) is 15.0. The number of carbonyl (C=O) groups excluding carboxylic acids is 2. The largest absolute Gasteiger partial charge is 0.461 e. The zero-order valence-electron chi connectivity index (χ0n) is 13.7. The van der Waals surface area contributed by atoms with Crippen molar-refractivity contribution in [3.8, 4) is 11.5 Å². The topological polar surface area (TPSA) is 110 Å². The molecule has 3 heterocycles. The van der Waals surface area contributed by atoms with Crippen LogP contribution in [0.5, 0.6) is 0 Å². The summed E-state index contributed by atoms with van der Waals surface area (Å²) in [5.74, 6) is 0.0961. The lowest BCUT2D eigenvalue weighted by molar-refractivity contribution is -0.120. The van der Waals surface area contributed by atoms with E-state index in [1.54, 1.807) is 12.1 Å². The Morgan fingerprint density at radius 3 is 2.80 bits per heavy atom. The lowest BCUT2D eigenvalue weighted by atomic mass is 10.3. The number of nitrogens with zero attached hydrogens (tertiary/aromatic N) is 2. The average molecular weight is 348 g/mol. The van der Waals surface area contributed by atoms with Gasteiger partial charge in [0.2, 0.25) is 11.7 Å². The van der Waals surface area contributed by atoms with Gasteiger partial charge in [0.25, 0.3) is 5.91 Å². The Morgan fingerprint density at radius 2 is 2.04 bits per heavy atom. The second kappa shape index (κ2) is 8.45. The number of hydrogen-bond acceptors (Lipinski definition) is 7. The smallest absolute Gasteiger partial charge is 0.273 e. The van der Waals surface area contributed by atoms with Crippen LogP contribution in [-0.2, 0) is 9.53 Å². The van der Waals surface area contributed by atoms with Crippen molar-refractivity contribution in [3.05, 3.63) is 30.2 Å². The van der Waals surface area contributed by atoms with E-state index in [0.717, 1.165) is 32.8 Å². The quantitative estimate of drug-likeness (QED) is 0.731. The van der Waals surface area contributed by atoms with E-state index in [-0.39, 0.29) is 18.1 Å². The van der Waals surface area contributed by atoms with E-state index < -0.39 is 5.91 Å². The number of ether oxygens (including phenoxy) is 1. The number of morpholine rings is 1. The van der Waals surface area contributed by atoms with E-state index in [0.29, 0.717) is 18.1 Å². The molecule has 134 valence electrons. The molecule has 0 spiro atoms. The molecule has 0 aromatic carbocycles. The van der Waals surface area contributed by atoms with Gasteiger partial charge in [0.15, 0.2) is 11.5 Å².